The first-order valence-electron chi connectivity index (χ1n) is 5.03. The summed E-state index contributed by atoms with van der Waals surface area (Å²) in [5.74, 6) is 0. The summed E-state index contributed by atoms with van der Waals surface area (Å²) in [4.78, 5) is 14.5. The summed E-state index contributed by atoms with van der Waals surface area (Å²) in [6.45, 7) is 4.09. The van der Waals surface area contributed by atoms with Gasteiger partial charge in [-0.15, -0.1) is 0 Å². The average molecular weight is 225 g/mol. The van der Waals surface area contributed by atoms with Crippen molar-refractivity contribution in [3.05, 3.63) is 33.7 Å². The highest BCUT2D eigenvalue weighted by atomic mass is 35.5. The van der Waals surface area contributed by atoms with Gasteiger partial charge in [-0.1, -0.05) is 18.5 Å². The molecule has 1 unspecified atom stereocenters. The molecule has 2 rings (SSSR count). The zero-order chi connectivity index (χ0) is 11.0. The maximum Gasteiger partial charge on any atom is 0.326 e. The van der Waals surface area contributed by atoms with Crippen molar-refractivity contribution < 1.29 is 0 Å². The molecule has 3 nitrogen and oxygen atoms in total. The van der Waals surface area contributed by atoms with Gasteiger partial charge in [-0.25, -0.2) is 4.79 Å². The number of hydrogen-bond donors (Lipinski definition) is 1. The predicted molar refractivity (Wildman–Crippen MR) is 62.6 cm³/mol. The summed E-state index contributed by atoms with van der Waals surface area (Å²) in [5.41, 5.74) is 1.65. The number of nitrogens with one attached hydrogen (secondary N) is 1. The quantitative estimate of drug-likeness (QED) is 0.837. The molecule has 0 spiro atoms. The molecule has 1 atom stereocenters. The minimum atomic E-state index is -0.0679. The van der Waals surface area contributed by atoms with E-state index in [2.05, 4.69) is 11.9 Å². The van der Waals surface area contributed by atoms with Crippen LogP contribution < -0.4 is 5.69 Å². The van der Waals surface area contributed by atoms with Crippen LogP contribution in [0.15, 0.2) is 23.0 Å². The molecule has 0 fully saturated rings. The maximum atomic E-state index is 11.7. The molecule has 0 saturated carbocycles. The molecule has 1 N–H and O–H groups in total. The van der Waals surface area contributed by atoms with E-state index >= 15 is 0 Å². The molecule has 0 aliphatic carbocycles. The zero-order valence-corrected chi connectivity index (χ0v) is 9.51. The highest BCUT2D eigenvalue weighted by molar-refractivity contribution is 6.31. The van der Waals surface area contributed by atoms with Crippen molar-refractivity contribution in [2.45, 2.75) is 26.3 Å². The first-order valence-corrected chi connectivity index (χ1v) is 5.41. The van der Waals surface area contributed by atoms with Gasteiger partial charge >= 0.3 is 5.69 Å². The summed E-state index contributed by atoms with van der Waals surface area (Å²) in [5, 5.41) is 0.639. The predicted octanol–water partition coefficient (Wildman–Crippen LogP) is 2.95. The van der Waals surface area contributed by atoms with Crippen molar-refractivity contribution in [3.8, 4) is 0 Å². The molecule has 2 aromatic rings. The Hall–Kier alpha value is -1.22. The number of H-pyrrole nitrogens is 1. The third-order valence-electron chi connectivity index (χ3n) is 2.71. The summed E-state index contributed by atoms with van der Waals surface area (Å²) in [7, 11) is 0. The fraction of sp³-hybridized carbons (Fsp3) is 0.364. The van der Waals surface area contributed by atoms with Crippen LogP contribution >= 0.6 is 11.6 Å². The number of benzene rings is 1. The van der Waals surface area contributed by atoms with Gasteiger partial charge in [0.1, 0.15) is 0 Å². The van der Waals surface area contributed by atoms with Crippen LogP contribution in [0.5, 0.6) is 0 Å². The molecular formula is C11H13ClN2O. The monoisotopic (exact) mass is 224 g/mol. The Labute approximate surface area is 92.7 Å². The SMILES string of the molecule is CCC(C)n1c(=O)[nH]c2cc(Cl)ccc21. The van der Waals surface area contributed by atoms with Crippen LogP contribution in [0.2, 0.25) is 5.02 Å². The molecule has 0 radical (unpaired) electrons. The van der Waals surface area contributed by atoms with Gasteiger partial charge in [-0.05, 0) is 31.5 Å². The molecule has 0 saturated heterocycles. The number of imidazole rings is 1. The smallest absolute Gasteiger partial charge is 0.305 e. The Balaban J connectivity index is 2.74. The second kappa shape index (κ2) is 3.74. The van der Waals surface area contributed by atoms with Crippen molar-refractivity contribution in [3.63, 3.8) is 0 Å². The minimum absolute atomic E-state index is 0.0679. The summed E-state index contributed by atoms with van der Waals surface area (Å²) in [6.07, 6.45) is 0.926. The van der Waals surface area contributed by atoms with Crippen molar-refractivity contribution >= 4 is 22.6 Å². The van der Waals surface area contributed by atoms with Crippen molar-refractivity contribution in [2.75, 3.05) is 0 Å². The molecule has 0 amide bonds. The van der Waals surface area contributed by atoms with Gasteiger partial charge in [0.15, 0.2) is 0 Å². The number of halogens is 1. The fourth-order valence-corrected chi connectivity index (χ4v) is 1.90. The number of hydrogen-bond acceptors (Lipinski definition) is 1. The van der Waals surface area contributed by atoms with Crippen molar-refractivity contribution in [1.82, 2.24) is 9.55 Å². The molecular weight excluding hydrogens is 212 g/mol. The van der Waals surface area contributed by atoms with E-state index in [0.717, 1.165) is 17.5 Å². The van der Waals surface area contributed by atoms with E-state index in [1.165, 1.54) is 0 Å². The Morgan fingerprint density at radius 2 is 2.27 bits per heavy atom. The Morgan fingerprint density at radius 3 is 2.93 bits per heavy atom. The van der Waals surface area contributed by atoms with Crippen LogP contribution in [0.4, 0.5) is 0 Å². The number of aromatic amines is 1. The van der Waals surface area contributed by atoms with Crippen molar-refractivity contribution in [1.29, 1.82) is 0 Å². The average Bonchev–Trinajstić information content (AvgIpc) is 2.52. The highest BCUT2D eigenvalue weighted by Crippen LogP contribution is 2.20. The van der Waals surface area contributed by atoms with E-state index in [4.69, 9.17) is 11.6 Å². The maximum absolute atomic E-state index is 11.7. The van der Waals surface area contributed by atoms with Gasteiger partial charge in [0, 0.05) is 11.1 Å². The number of rotatable bonds is 2. The van der Waals surface area contributed by atoms with Crippen LogP contribution in [0.3, 0.4) is 0 Å². The normalized spacial score (nSPS) is 13.3. The third-order valence-corrected chi connectivity index (χ3v) is 2.95. The van der Waals surface area contributed by atoms with E-state index in [-0.39, 0.29) is 11.7 Å². The molecule has 80 valence electrons. The van der Waals surface area contributed by atoms with E-state index in [9.17, 15) is 4.79 Å². The van der Waals surface area contributed by atoms with Gasteiger partial charge in [0.25, 0.3) is 0 Å². The van der Waals surface area contributed by atoms with Crippen LogP contribution in [0.1, 0.15) is 26.3 Å². The second-order valence-electron chi connectivity index (χ2n) is 3.72. The molecule has 1 heterocycles. The molecule has 4 heteroatoms. The Bertz CT molecular complexity index is 541. The largest absolute Gasteiger partial charge is 0.326 e. The molecule has 1 aromatic heterocycles. The topological polar surface area (TPSA) is 37.8 Å². The summed E-state index contributed by atoms with van der Waals surface area (Å²) in [6, 6.07) is 5.65. The zero-order valence-electron chi connectivity index (χ0n) is 8.75. The molecule has 15 heavy (non-hydrogen) atoms. The first kappa shape index (κ1) is 10.3. The number of aromatic nitrogens is 2. The van der Waals surface area contributed by atoms with Gasteiger partial charge in [-0.2, -0.15) is 0 Å². The Kier molecular flexibility index (Phi) is 2.57. The minimum Gasteiger partial charge on any atom is -0.305 e. The Morgan fingerprint density at radius 1 is 1.53 bits per heavy atom. The molecule has 0 aliphatic rings. The van der Waals surface area contributed by atoms with E-state index < -0.39 is 0 Å². The lowest BCUT2D eigenvalue weighted by molar-refractivity contribution is 0.530. The summed E-state index contributed by atoms with van der Waals surface area (Å²) < 4.78 is 1.77. The lowest BCUT2D eigenvalue weighted by atomic mass is 10.2. The number of nitrogens with zero attached hydrogens (tertiary/aromatic N) is 1. The fourth-order valence-electron chi connectivity index (χ4n) is 1.72. The van der Waals surface area contributed by atoms with Crippen LogP contribution in [0.25, 0.3) is 11.0 Å². The number of fused-ring (bicyclic) bond motifs is 1. The van der Waals surface area contributed by atoms with Crippen LogP contribution in [-0.2, 0) is 0 Å². The molecule has 1 aromatic carbocycles. The van der Waals surface area contributed by atoms with E-state index in [1.54, 1.807) is 16.7 Å². The first-order chi connectivity index (χ1) is 7.13. The third kappa shape index (κ3) is 1.67. The van der Waals surface area contributed by atoms with Gasteiger partial charge in [0.2, 0.25) is 0 Å². The van der Waals surface area contributed by atoms with E-state index in [1.807, 2.05) is 13.0 Å². The van der Waals surface area contributed by atoms with Gasteiger partial charge < -0.3 is 4.98 Å². The lowest BCUT2D eigenvalue weighted by Gasteiger charge is -2.10. The summed E-state index contributed by atoms with van der Waals surface area (Å²) >= 11 is 5.86. The van der Waals surface area contributed by atoms with Gasteiger partial charge in [0.05, 0.1) is 11.0 Å². The highest BCUT2D eigenvalue weighted by Gasteiger charge is 2.11. The standard InChI is InChI=1S/C11H13ClN2O/c1-3-7(2)14-10-5-4-8(12)6-9(10)13-11(14)15/h4-7H,3H2,1-2H3,(H,13,15). The molecule has 0 bridgehead atoms. The van der Waals surface area contributed by atoms with Crippen LogP contribution in [-0.4, -0.2) is 9.55 Å². The molecule has 0 aliphatic heterocycles. The lowest BCUT2D eigenvalue weighted by Crippen LogP contribution is -2.19. The van der Waals surface area contributed by atoms with E-state index in [0.29, 0.717) is 5.02 Å². The van der Waals surface area contributed by atoms with Crippen LogP contribution in [0, 0.1) is 0 Å². The second-order valence-corrected chi connectivity index (χ2v) is 4.16. The van der Waals surface area contributed by atoms with Gasteiger partial charge in [-0.3, -0.25) is 4.57 Å². The van der Waals surface area contributed by atoms with Crippen molar-refractivity contribution in [2.24, 2.45) is 0 Å².